The number of alkyl halides is 3. The summed E-state index contributed by atoms with van der Waals surface area (Å²) in [5.74, 6) is -0.733. The van der Waals surface area contributed by atoms with Gasteiger partial charge in [-0.3, -0.25) is 4.79 Å². The number of hydrogen-bond acceptors (Lipinski definition) is 6. The molecule has 2 rings (SSSR count). The summed E-state index contributed by atoms with van der Waals surface area (Å²) in [5.41, 5.74) is -1.41. The van der Waals surface area contributed by atoms with Crippen molar-refractivity contribution in [3.05, 3.63) is 22.9 Å². The maximum absolute atomic E-state index is 13.0. The Morgan fingerprint density at radius 2 is 1.94 bits per heavy atom. The largest absolute Gasteiger partial charge is 0.481 e. The van der Waals surface area contributed by atoms with Gasteiger partial charge in [0.05, 0.1) is 13.7 Å². The van der Waals surface area contributed by atoms with E-state index in [2.05, 4.69) is 15.6 Å². The van der Waals surface area contributed by atoms with Gasteiger partial charge >= 0.3 is 12.3 Å². The minimum Gasteiger partial charge on any atom is -0.481 e. The molecule has 1 aliphatic rings. The molecule has 1 aromatic heterocycles. The Kier molecular flexibility index (Phi) is 8.33. The smallest absolute Gasteiger partial charge is 0.433 e. The van der Waals surface area contributed by atoms with E-state index in [1.54, 1.807) is 20.8 Å². The molecule has 11 heteroatoms. The molecule has 3 N–H and O–H groups in total. The lowest BCUT2D eigenvalue weighted by atomic mass is 10.0. The molecule has 0 spiro atoms. The number of aromatic nitrogens is 1. The van der Waals surface area contributed by atoms with Gasteiger partial charge in [-0.2, -0.15) is 13.2 Å². The summed E-state index contributed by atoms with van der Waals surface area (Å²) in [7, 11) is 1.20. The number of methoxy groups -OCH3 is 1. The lowest BCUT2D eigenvalue weighted by molar-refractivity contribution is -0.141. The van der Waals surface area contributed by atoms with Crippen LogP contribution in [0.15, 0.2) is 6.07 Å². The number of hydrogen-bond donors (Lipinski definition) is 3. The van der Waals surface area contributed by atoms with Crippen LogP contribution in [-0.2, 0) is 28.7 Å². The second-order valence-corrected chi connectivity index (χ2v) is 8.70. The van der Waals surface area contributed by atoms with Crippen molar-refractivity contribution in [3.8, 4) is 5.88 Å². The van der Waals surface area contributed by atoms with Gasteiger partial charge in [-0.05, 0) is 58.1 Å². The monoisotopic (exact) mass is 461 g/mol. The molecule has 180 valence electrons. The van der Waals surface area contributed by atoms with Crippen LogP contribution in [0.3, 0.4) is 0 Å². The molecule has 1 aromatic rings. The lowest BCUT2D eigenvalue weighted by Crippen LogP contribution is -2.38. The molecule has 8 nitrogen and oxygen atoms in total. The fourth-order valence-corrected chi connectivity index (χ4v) is 3.60. The van der Waals surface area contributed by atoms with E-state index < -0.39 is 30.2 Å². The van der Waals surface area contributed by atoms with Crippen molar-refractivity contribution in [1.82, 2.24) is 15.6 Å². The van der Waals surface area contributed by atoms with Gasteiger partial charge < -0.3 is 25.2 Å². The molecular weight excluding hydrogens is 431 g/mol. The Morgan fingerprint density at radius 1 is 1.25 bits per heavy atom. The van der Waals surface area contributed by atoms with Gasteiger partial charge in [0.15, 0.2) is 0 Å². The van der Waals surface area contributed by atoms with Crippen molar-refractivity contribution in [2.75, 3.05) is 13.7 Å². The number of ether oxygens (including phenoxy) is 2. The number of nitrogens with zero attached hydrogens (tertiary/aromatic N) is 1. The summed E-state index contributed by atoms with van der Waals surface area (Å²) in [6, 6.07) is 0.615. The van der Waals surface area contributed by atoms with Crippen LogP contribution in [0.1, 0.15) is 56.9 Å². The van der Waals surface area contributed by atoms with Gasteiger partial charge in [0.25, 0.3) is 0 Å². The second kappa shape index (κ2) is 10.4. The van der Waals surface area contributed by atoms with Crippen LogP contribution >= 0.6 is 0 Å². The standard InChI is InChI=1S/C21H30F3N3O5/c1-20(2,3)32-19(30)26-14-6-5-12(9-14)17(29)25-8-7-15-13(11-28)10-16(21(22,23)24)27-18(15)31-4/h10,12,14,28H,5-9,11H2,1-4H3,(H,25,29)(H,26,30). The third-order valence-electron chi connectivity index (χ3n) is 5.03. The van der Waals surface area contributed by atoms with Crippen LogP contribution in [0.4, 0.5) is 18.0 Å². The van der Waals surface area contributed by atoms with E-state index in [-0.39, 0.29) is 42.3 Å². The number of rotatable bonds is 7. The fraction of sp³-hybridized carbons (Fsp3) is 0.667. The van der Waals surface area contributed by atoms with Gasteiger partial charge in [0.2, 0.25) is 11.8 Å². The van der Waals surface area contributed by atoms with E-state index in [4.69, 9.17) is 9.47 Å². The first-order chi connectivity index (χ1) is 14.8. The van der Waals surface area contributed by atoms with Crippen molar-refractivity contribution < 1.29 is 37.3 Å². The summed E-state index contributed by atoms with van der Waals surface area (Å²) in [4.78, 5) is 27.9. The highest BCUT2D eigenvalue weighted by Crippen LogP contribution is 2.32. The maximum Gasteiger partial charge on any atom is 0.433 e. The molecule has 1 fully saturated rings. The predicted octanol–water partition coefficient (Wildman–Crippen LogP) is 2.95. The van der Waals surface area contributed by atoms with Gasteiger partial charge in [0, 0.05) is 24.1 Å². The number of nitrogens with one attached hydrogen (secondary N) is 2. The van der Waals surface area contributed by atoms with E-state index in [1.807, 2.05) is 0 Å². The number of amides is 2. The molecule has 1 heterocycles. The van der Waals surface area contributed by atoms with Crippen LogP contribution in [0.25, 0.3) is 0 Å². The average Bonchev–Trinajstić information content (AvgIpc) is 3.13. The Bertz CT molecular complexity index is 799. The second-order valence-electron chi connectivity index (χ2n) is 8.70. The van der Waals surface area contributed by atoms with E-state index in [0.717, 1.165) is 6.07 Å². The van der Waals surface area contributed by atoms with Crippen LogP contribution in [-0.4, -0.2) is 47.4 Å². The maximum atomic E-state index is 13.0. The minimum atomic E-state index is -4.67. The number of carbonyl (C=O) groups is 2. The quantitative estimate of drug-likeness (QED) is 0.576. The molecule has 2 unspecified atom stereocenters. The summed E-state index contributed by atoms with van der Waals surface area (Å²) in [5, 5.41) is 15.0. The number of halogens is 3. The van der Waals surface area contributed by atoms with Gasteiger partial charge in [-0.15, -0.1) is 0 Å². The zero-order chi connectivity index (χ0) is 24.1. The molecule has 0 aliphatic heterocycles. The van der Waals surface area contributed by atoms with Gasteiger partial charge in [-0.1, -0.05) is 0 Å². The number of pyridine rings is 1. The third-order valence-corrected chi connectivity index (χ3v) is 5.03. The van der Waals surface area contributed by atoms with Crippen molar-refractivity contribution in [2.45, 2.75) is 70.9 Å². The van der Waals surface area contributed by atoms with Crippen molar-refractivity contribution in [1.29, 1.82) is 0 Å². The van der Waals surface area contributed by atoms with Crippen LogP contribution in [0, 0.1) is 5.92 Å². The molecule has 0 saturated heterocycles. The van der Waals surface area contributed by atoms with Crippen LogP contribution < -0.4 is 15.4 Å². The first kappa shape index (κ1) is 25.7. The number of alkyl carbamates (subject to hydrolysis) is 1. The summed E-state index contributed by atoms with van der Waals surface area (Å²) < 4.78 is 49.2. The molecule has 0 bridgehead atoms. The number of aliphatic hydroxyl groups excluding tert-OH is 1. The number of aliphatic hydroxyl groups is 1. The van der Waals surface area contributed by atoms with Crippen LogP contribution in [0.2, 0.25) is 0 Å². The molecule has 0 radical (unpaired) electrons. The van der Waals surface area contributed by atoms with Gasteiger partial charge in [0.1, 0.15) is 11.3 Å². The Morgan fingerprint density at radius 3 is 2.50 bits per heavy atom. The van der Waals surface area contributed by atoms with Crippen molar-refractivity contribution in [3.63, 3.8) is 0 Å². The van der Waals surface area contributed by atoms with E-state index >= 15 is 0 Å². The van der Waals surface area contributed by atoms with E-state index in [0.29, 0.717) is 24.8 Å². The van der Waals surface area contributed by atoms with Gasteiger partial charge in [-0.25, -0.2) is 9.78 Å². The van der Waals surface area contributed by atoms with Crippen molar-refractivity contribution in [2.24, 2.45) is 5.92 Å². The molecule has 2 amide bonds. The van der Waals surface area contributed by atoms with Crippen molar-refractivity contribution >= 4 is 12.0 Å². The third kappa shape index (κ3) is 7.25. The average molecular weight is 461 g/mol. The molecule has 1 saturated carbocycles. The molecular formula is C21H30F3N3O5. The Balaban J connectivity index is 1.91. The normalized spacial score (nSPS) is 18.9. The fourth-order valence-electron chi connectivity index (χ4n) is 3.60. The van der Waals surface area contributed by atoms with E-state index in [9.17, 15) is 27.9 Å². The SMILES string of the molecule is COc1nc(C(F)(F)F)cc(CO)c1CCNC(=O)C1CCC(NC(=O)OC(C)(C)C)C1. The topological polar surface area (TPSA) is 110 Å². The summed E-state index contributed by atoms with van der Waals surface area (Å²) in [6.45, 7) is 4.81. The summed E-state index contributed by atoms with van der Waals surface area (Å²) in [6.07, 6.45) is -3.35. The highest BCUT2D eigenvalue weighted by molar-refractivity contribution is 5.79. The predicted molar refractivity (Wildman–Crippen MR) is 109 cm³/mol. The first-order valence-corrected chi connectivity index (χ1v) is 10.4. The van der Waals surface area contributed by atoms with Crippen LogP contribution in [0.5, 0.6) is 5.88 Å². The number of carbonyl (C=O) groups excluding carboxylic acids is 2. The summed E-state index contributed by atoms with van der Waals surface area (Å²) >= 11 is 0. The first-order valence-electron chi connectivity index (χ1n) is 10.4. The minimum absolute atomic E-state index is 0.0425. The lowest BCUT2D eigenvalue weighted by Gasteiger charge is -2.21. The molecule has 32 heavy (non-hydrogen) atoms. The Hall–Kier alpha value is -2.56. The van der Waals surface area contributed by atoms with E-state index in [1.165, 1.54) is 7.11 Å². The molecule has 0 aromatic carbocycles. The zero-order valence-electron chi connectivity index (χ0n) is 18.6. The molecule has 2 atom stereocenters. The highest BCUT2D eigenvalue weighted by atomic mass is 19.4. The zero-order valence-corrected chi connectivity index (χ0v) is 18.6. The molecule has 1 aliphatic carbocycles. The Labute approximate surface area is 184 Å². The highest BCUT2D eigenvalue weighted by Gasteiger charge is 2.35.